The van der Waals surface area contributed by atoms with E-state index in [0.29, 0.717) is 25.5 Å². The Kier molecular flexibility index (Phi) is 5.39. The van der Waals surface area contributed by atoms with Gasteiger partial charge in [-0.15, -0.1) is 11.3 Å². The molecule has 2 aromatic heterocycles. The van der Waals surface area contributed by atoms with Crippen molar-refractivity contribution in [2.24, 2.45) is 0 Å². The molecule has 0 aromatic carbocycles. The zero-order valence-corrected chi connectivity index (χ0v) is 14.5. The van der Waals surface area contributed by atoms with Crippen molar-refractivity contribution in [1.29, 1.82) is 0 Å². The lowest BCUT2D eigenvalue weighted by atomic mass is 10.2. The van der Waals surface area contributed by atoms with Gasteiger partial charge in [-0.3, -0.25) is 4.79 Å². The van der Waals surface area contributed by atoms with Gasteiger partial charge in [-0.05, 0) is 19.1 Å². The number of carbonyl (C=O) groups excluding carboxylic acids is 1. The molecule has 1 saturated heterocycles. The van der Waals surface area contributed by atoms with Crippen molar-refractivity contribution in [3.63, 3.8) is 0 Å². The summed E-state index contributed by atoms with van der Waals surface area (Å²) in [5.41, 5.74) is 1.77. The number of morpholine rings is 1. The third-order valence-electron chi connectivity index (χ3n) is 3.64. The van der Waals surface area contributed by atoms with Gasteiger partial charge in [-0.2, -0.15) is 0 Å². The van der Waals surface area contributed by atoms with E-state index in [9.17, 15) is 4.79 Å². The number of aromatic nitrogens is 2. The second-order valence-corrected chi connectivity index (χ2v) is 6.36. The highest BCUT2D eigenvalue weighted by Crippen LogP contribution is 2.24. The van der Waals surface area contributed by atoms with Gasteiger partial charge in [0.05, 0.1) is 24.5 Å². The van der Waals surface area contributed by atoms with Gasteiger partial charge in [-0.1, -0.05) is 6.07 Å². The molecule has 0 saturated carbocycles. The fourth-order valence-corrected chi connectivity index (χ4v) is 3.19. The number of nitrogens with one attached hydrogen (secondary N) is 1. The third-order valence-corrected chi connectivity index (χ3v) is 4.52. The van der Waals surface area contributed by atoms with Crippen LogP contribution in [-0.4, -0.2) is 54.2 Å². The molecule has 1 N–H and O–H groups in total. The van der Waals surface area contributed by atoms with Crippen molar-refractivity contribution in [3.05, 3.63) is 35.0 Å². The van der Waals surface area contributed by atoms with Crippen LogP contribution in [0.25, 0.3) is 0 Å². The maximum atomic E-state index is 12.0. The van der Waals surface area contributed by atoms with Gasteiger partial charge in [0.25, 0.3) is 0 Å². The minimum absolute atomic E-state index is 0.0293. The Balaban J connectivity index is 1.70. The molecule has 24 heavy (non-hydrogen) atoms. The molecule has 8 heteroatoms. The van der Waals surface area contributed by atoms with Gasteiger partial charge in [0.1, 0.15) is 18.5 Å². The van der Waals surface area contributed by atoms with E-state index in [1.807, 2.05) is 30.5 Å². The largest absolute Gasteiger partial charge is 0.375 e. The van der Waals surface area contributed by atoms with E-state index < -0.39 is 0 Å². The van der Waals surface area contributed by atoms with Gasteiger partial charge < -0.3 is 19.7 Å². The molecule has 3 heterocycles. The maximum Gasteiger partial charge on any atom is 0.248 e. The van der Waals surface area contributed by atoms with Crippen LogP contribution in [0, 0.1) is 6.92 Å². The average Bonchev–Trinajstić information content (AvgIpc) is 3.00. The first-order chi connectivity index (χ1) is 11.7. The Morgan fingerprint density at radius 3 is 3.12 bits per heavy atom. The molecular weight excluding hydrogens is 328 g/mol. The molecule has 128 valence electrons. The number of carbonyl (C=O) groups is 1. The third kappa shape index (κ3) is 4.08. The van der Waals surface area contributed by atoms with Crippen LogP contribution in [0.15, 0.2) is 23.6 Å². The highest BCUT2D eigenvalue weighted by atomic mass is 32.1. The maximum absolute atomic E-state index is 12.0. The standard InChI is InChI=1S/C16H20N4O3S/c1-11-10-24-16(17-11)19-14-5-3-4-12(18-14)13-8-20(6-7-23-13)15(21)9-22-2/h3-5,10,13H,6-9H2,1-2H3,(H,17,18,19)/t13-/m0/s1. The first-order valence-electron chi connectivity index (χ1n) is 7.70. The zero-order valence-electron chi connectivity index (χ0n) is 13.7. The fraction of sp³-hybridized carbons (Fsp3) is 0.438. The molecule has 0 spiro atoms. The molecular formula is C16H20N4O3S. The van der Waals surface area contributed by atoms with Gasteiger partial charge >= 0.3 is 0 Å². The first-order valence-corrected chi connectivity index (χ1v) is 8.58. The fourth-order valence-electron chi connectivity index (χ4n) is 2.49. The lowest BCUT2D eigenvalue weighted by Gasteiger charge is -2.32. The Hall–Kier alpha value is -2.03. The van der Waals surface area contributed by atoms with E-state index in [1.165, 1.54) is 18.4 Å². The molecule has 0 radical (unpaired) electrons. The second-order valence-electron chi connectivity index (χ2n) is 5.50. The van der Waals surface area contributed by atoms with E-state index in [4.69, 9.17) is 9.47 Å². The Morgan fingerprint density at radius 2 is 2.38 bits per heavy atom. The van der Waals surface area contributed by atoms with Crippen LogP contribution in [0.2, 0.25) is 0 Å². The number of nitrogens with zero attached hydrogens (tertiary/aromatic N) is 3. The molecule has 3 rings (SSSR count). The summed E-state index contributed by atoms with van der Waals surface area (Å²) in [6, 6.07) is 5.72. The van der Waals surface area contributed by atoms with Crippen LogP contribution in [0.3, 0.4) is 0 Å². The minimum atomic E-state index is -0.237. The molecule has 1 aliphatic rings. The number of hydrogen-bond acceptors (Lipinski definition) is 7. The quantitative estimate of drug-likeness (QED) is 0.892. The summed E-state index contributed by atoms with van der Waals surface area (Å²) in [4.78, 5) is 22.7. The Bertz CT molecular complexity index is 706. The van der Waals surface area contributed by atoms with Crippen molar-refractivity contribution in [2.45, 2.75) is 13.0 Å². The number of pyridine rings is 1. The number of methoxy groups -OCH3 is 1. The molecule has 1 fully saturated rings. The van der Waals surface area contributed by atoms with E-state index in [2.05, 4.69) is 15.3 Å². The van der Waals surface area contributed by atoms with Crippen LogP contribution in [-0.2, 0) is 14.3 Å². The van der Waals surface area contributed by atoms with Crippen molar-refractivity contribution in [3.8, 4) is 0 Å². The molecule has 2 aromatic rings. The number of anilines is 2. The van der Waals surface area contributed by atoms with Gasteiger partial charge in [0, 0.05) is 19.0 Å². The van der Waals surface area contributed by atoms with Crippen molar-refractivity contribution < 1.29 is 14.3 Å². The van der Waals surface area contributed by atoms with E-state index in [0.717, 1.165) is 16.5 Å². The monoisotopic (exact) mass is 348 g/mol. The average molecular weight is 348 g/mol. The summed E-state index contributed by atoms with van der Waals surface area (Å²) < 4.78 is 10.7. The van der Waals surface area contributed by atoms with Crippen molar-refractivity contribution >= 4 is 28.2 Å². The molecule has 1 aliphatic heterocycles. The topological polar surface area (TPSA) is 76.6 Å². The summed E-state index contributed by atoms with van der Waals surface area (Å²) in [5.74, 6) is 0.684. The van der Waals surface area contributed by atoms with E-state index in [1.54, 1.807) is 4.90 Å². The van der Waals surface area contributed by atoms with Crippen LogP contribution >= 0.6 is 11.3 Å². The van der Waals surface area contributed by atoms with Gasteiger partial charge in [0.15, 0.2) is 5.13 Å². The zero-order chi connectivity index (χ0) is 16.9. The number of thiazole rings is 1. The molecule has 7 nitrogen and oxygen atoms in total. The number of amides is 1. The number of hydrogen-bond donors (Lipinski definition) is 1. The van der Waals surface area contributed by atoms with Crippen molar-refractivity contribution in [2.75, 3.05) is 38.7 Å². The predicted molar refractivity (Wildman–Crippen MR) is 91.5 cm³/mol. The van der Waals surface area contributed by atoms with Crippen LogP contribution in [0.4, 0.5) is 10.9 Å². The Labute approximate surface area is 144 Å². The molecule has 1 atom stereocenters. The lowest BCUT2D eigenvalue weighted by Crippen LogP contribution is -2.43. The van der Waals surface area contributed by atoms with Gasteiger partial charge in [-0.25, -0.2) is 9.97 Å². The molecule has 0 unspecified atom stereocenters. The van der Waals surface area contributed by atoms with Crippen molar-refractivity contribution in [1.82, 2.24) is 14.9 Å². The summed E-state index contributed by atoms with van der Waals surface area (Å²) in [7, 11) is 1.52. The predicted octanol–water partition coefficient (Wildman–Crippen LogP) is 2.14. The highest BCUT2D eigenvalue weighted by Gasteiger charge is 2.26. The SMILES string of the molecule is COCC(=O)N1CCO[C@H](c2cccc(Nc3nc(C)cs3)n2)C1. The second kappa shape index (κ2) is 7.69. The summed E-state index contributed by atoms with van der Waals surface area (Å²) >= 11 is 1.54. The van der Waals surface area contributed by atoms with Crippen LogP contribution < -0.4 is 5.32 Å². The number of aryl methyl sites for hydroxylation is 1. The van der Waals surface area contributed by atoms with Gasteiger partial charge in [0.2, 0.25) is 5.91 Å². The van der Waals surface area contributed by atoms with E-state index in [-0.39, 0.29) is 18.6 Å². The summed E-state index contributed by atoms with van der Waals surface area (Å²) in [6.45, 7) is 3.59. The number of rotatable bonds is 5. The summed E-state index contributed by atoms with van der Waals surface area (Å²) in [6.07, 6.45) is -0.237. The normalized spacial score (nSPS) is 17.8. The lowest BCUT2D eigenvalue weighted by molar-refractivity contribution is -0.143. The molecule has 0 aliphatic carbocycles. The first kappa shape index (κ1) is 16.8. The number of ether oxygens (including phenoxy) is 2. The summed E-state index contributed by atoms with van der Waals surface area (Å²) in [5, 5.41) is 5.98. The minimum Gasteiger partial charge on any atom is -0.375 e. The van der Waals surface area contributed by atoms with Crippen LogP contribution in [0.5, 0.6) is 0 Å². The highest BCUT2D eigenvalue weighted by molar-refractivity contribution is 7.13. The molecule has 1 amide bonds. The van der Waals surface area contributed by atoms with Crippen LogP contribution in [0.1, 0.15) is 17.5 Å². The molecule has 0 bridgehead atoms. The smallest absolute Gasteiger partial charge is 0.248 e. The van der Waals surface area contributed by atoms with E-state index >= 15 is 0 Å². The Morgan fingerprint density at radius 1 is 1.50 bits per heavy atom.